The average molecular weight is 239 g/mol. The number of nitrogens with one attached hydrogen (secondary N) is 1. The molecule has 1 heterocycles. The number of rotatable bonds is 9. The Morgan fingerprint density at radius 3 is 2.71 bits per heavy atom. The van der Waals surface area contributed by atoms with E-state index in [0.717, 1.165) is 38.1 Å². The second kappa shape index (κ2) is 9.64. The summed E-state index contributed by atoms with van der Waals surface area (Å²) in [6.45, 7) is 4.52. The van der Waals surface area contributed by atoms with Gasteiger partial charge in [-0.25, -0.2) is 0 Å². The van der Waals surface area contributed by atoms with E-state index in [-0.39, 0.29) is 0 Å². The molecule has 1 unspecified atom stereocenters. The second-order valence-corrected chi connectivity index (χ2v) is 5.45. The predicted octanol–water partition coefficient (Wildman–Crippen LogP) is 3.70. The van der Waals surface area contributed by atoms with Crippen LogP contribution in [0.25, 0.3) is 0 Å². The molecule has 0 aromatic heterocycles. The van der Waals surface area contributed by atoms with Crippen molar-refractivity contribution in [2.45, 2.75) is 71.1 Å². The molecule has 1 rings (SSSR count). The standard InChI is InChI=1S/C15H29NO/c1-2-3-4-5-6-9-15(17)11-10-14-8-7-12-16-13-14/h14,16H,2-13H2,1H3. The second-order valence-electron chi connectivity index (χ2n) is 5.45. The number of unbranched alkanes of at least 4 members (excludes halogenated alkanes) is 4. The van der Waals surface area contributed by atoms with E-state index >= 15 is 0 Å². The maximum absolute atomic E-state index is 11.7. The molecule has 0 saturated carbocycles. The van der Waals surface area contributed by atoms with Crippen molar-refractivity contribution < 1.29 is 4.79 Å². The highest BCUT2D eigenvalue weighted by molar-refractivity contribution is 5.78. The van der Waals surface area contributed by atoms with Gasteiger partial charge in [-0.15, -0.1) is 0 Å². The van der Waals surface area contributed by atoms with Crippen molar-refractivity contribution in [2.75, 3.05) is 13.1 Å². The van der Waals surface area contributed by atoms with Crippen LogP contribution >= 0.6 is 0 Å². The van der Waals surface area contributed by atoms with Crippen LogP contribution in [-0.4, -0.2) is 18.9 Å². The highest BCUT2D eigenvalue weighted by Crippen LogP contribution is 2.17. The smallest absolute Gasteiger partial charge is 0.132 e. The van der Waals surface area contributed by atoms with E-state index in [1.807, 2.05) is 0 Å². The third-order valence-electron chi connectivity index (χ3n) is 3.79. The summed E-state index contributed by atoms with van der Waals surface area (Å²) in [4.78, 5) is 11.7. The fourth-order valence-electron chi connectivity index (χ4n) is 2.59. The average Bonchev–Trinajstić information content (AvgIpc) is 2.37. The first-order valence-electron chi connectivity index (χ1n) is 7.55. The van der Waals surface area contributed by atoms with Gasteiger partial charge in [0.25, 0.3) is 0 Å². The van der Waals surface area contributed by atoms with Crippen LogP contribution in [0, 0.1) is 5.92 Å². The van der Waals surface area contributed by atoms with Gasteiger partial charge in [0.05, 0.1) is 0 Å². The zero-order valence-corrected chi connectivity index (χ0v) is 11.5. The van der Waals surface area contributed by atoms with Crippen LogP contribution < -0.4 is 5.32 Å². The molecular weight excluding hydrogens is 210 g/mol. The lowest BCUT2D eigenvalue weighted by Gasteiger charge is -2.22. The number of hydrogen-bond acceptors (Lipinski definition) is 2. The molecule has 0 aromatic carbocycles. The van der Waals surface area contributed by atoms with Crippen LogP contribution in [0.15, 0.2) is 0 Å². The van der Waals surface area contributed by atoms with E-state index < -0.39 is 0 Å². The summed E-state index contributed by atoms with van der Waals surface area (Å²) in [6.07, 6.45) is 11.6. The summed E-state index contributed by atoms with van der Waals surface area (Å²) in [5.41, 5.74) is 0. The molecule has 2 nitrogen and oxygen atoms in total. The molecule has 0 aromatic rings. The first-order chi connectivity index (χ1) is 8.33. The number of carbonyl (C=O) groups excluding carboxylic acids is 1. The number of hydrogen-bond donors (Lipinski definition) is 1. The minimum atomic E-state index is 0.493. The zero-order chi connectivity index (χ0) is 12.3. The lowest BCUT2D eigenvalue weighted by molar-refractivity contribution is -0.119. The quantitative estimate of drug-likeness (QED) is 0.622. The largest absolute Gasteiger partial charge is 0.316 e. The summed E-state index contributed by atoms with van der Waals surface area (Å²) in [6, 6.07) is 0. The Hall–Kier alpha value is -0.370. The molecule has 0 bridgehead atoms. The lowest BCUT2D eigenvalue weighted by Crippen LogP contribution is -2.29. The Kier molecular flexibility index (Phi) is 8.33. The van der Waals surface area contributed by atoms with E-state index in [4.69, 9.17) is 0 Å². The minimum absolute atomic E-state index is 0.493. The maximum atomic E-state index is 11.7. The van der Waals surface area contributed by atoms with Crippen LogP contribution in [0.3, 0.4) is 0 Å². The van der Waals surface area contributed by atoms with E-state index in [1.54, 1.807) is 0 Å². The van der Waals surface area contributed by atoms with Gasteiger partial charge in [0.2, 0.25) is 0 Å². The van der Waals surface area contributed by atoms with Crippen molar-refractivity contribution in [3.63, 3.8) is 0 Å². The number of Topliss-reactive ketones (excluding diaryl/α,β-unsaturated/α-hetero) is 1. The molecule has 0 aliphatic carbocycles. The molecule has 2 heteroatoms. The van der Waals surface area contributed by atoms with Gasteiger partial charge in [0.15, 0.2) is 0 Å². The number of carbonyl (C=O) groups is 1. The Balaban J connectivity index is 1.93. The van der Waals surface area contributed by atoms with Gasteiger partial charge in [-0.3, -0.25) is 4.79 Å². The zero-order valence-electron chi connectivity index (χ0n) is 11.5. The van der Waals surface area contributed by atoms with Gasteiger partial charge in [0.1, 0.15) is 5.78 Å². The van der Waals surface area contributed by atoms with Crippen LogP contribution in [0.4, 0.5) is 0 Å². The van der Waals surface area contributed by atoms with E-state index in [9.17, 15) is 4.79 Å². The lowest BCUT2D eigenvalue weighted by atomic mass is 9.93. The normalized spacial score (nSPS) is 20.4. The van der Waals surface area contributed by atoms with Gasteiger partial charge in [0, 0.05) is 12.8 Å². The van der Waals surface area contributed by atoms with Gasteiger partial charge >= 0.3 is 0 Å². The molecular formula is C15H29NO. The molecule has 1 aliphatic heterocycles. The Bertz CT molecular complexity index is 197. The summed E-state index contributed by atoms with van der Waals surface area (Å²) in [7, 11) is 0. The van der Waals surface area contributed by atoms with Crippen LogP contribution in [-0.2, 0) is 4.79 Å². The molecule has 1 atom stereocenters. The fourth-order valence-corrected chi connectivity index (χ4v) is 2.59. The third kappa shape index (κ3) is 7.54. The van der Waals surface area contributed by atoms with E-state index in [1.165, 1.54) is 45.1 Å². The predicted molar refractivity (Wildman–Crippen MR) is 73.2 cm³/mol. The van der Waals surface area contributed by atoms with Crippen LogP contribution in [0.5, 0.6) is 0 Å². The Labute approximate surface area is 107 Å². The van der Waals surface area contributed by atoms with Crippen molar-refractivity contribution >= 4 is 5.78 Å². The molecule has 0 spiro atoms. The van der Waals surface area contributed by atoms with Crippen LogP contribution in [0.2, 0.25) is 0 Å². The van der Waals surface area contributed by atoms with Gasteiger partial charge < -0.3 is 5.32 Å². The fraction of sp³-hybridized carbons (Fsp3) is 0.933. The first-order valence-corrected chi connectivity index (χ1v) is 7.55. The van der Waals surface area contributed by atoms with E-state index in [0.29, 0.717) is 5.78 Å². The Morgan fingerprint density at radius 1 is 1.18 bits per heavy atom. The van der Waals surface area contributed by atoms with Crippen molar-refractivity contribution in [1.29, 1.82) is 0 Å². The molecule has 1 aliphatic rings. The maximum Gasteiger partial charge on any atom is 0.132 e. The van der Waals surface area contributed by atoms with Crippen molar-refractivity contribution in [2.24, 2.45) is 5.92 Å². The summed E-state index contributed by atoms with van der Waals surface area (Å²) >= 11 is 0. The molecule has 0 amide bonds. The Morgan fingerprint density at radius 2 is 2.00 bits per heavy atom. The third-order valence-corrected chi connectivity index (χ3v) is 3.79. The van der Waals surface area contributed by atoms with Gasteiger partial charge in [-0.2, -0.15) is 0 Å². The van der Waals surface area contributed by atoms with Crippen molar-refractivity contribution in [3.05, 3.63) is 0 Å². The molecule has 0 radical (unpaired) electrons. The molecule has 1 fully saturated rings. The van der Waals surface area contributed by atoms with Crippen LogP contribution in [0.1, 0.15) is 71.1 Å². The molecule has 17 heavy (non-hydrogen) atoms. The van der Waals surface area contributed by atoms with Crippen molar-refractivity contribution in [3.8, 4) is 0 Å². The van der Waals surface area contributed by atoms with Crippen molar-refractivity contribution in [1.82, 2.24) is 5.32 Å². The highest BCUT2D eigenvalue weighted by atomic mass is 16.1. The summed E-state index contributed by atoms with van der Waals surface area (Å²) < 4.78 is 0. The monoisotopic (exact) mass is 239 g/mol. The minimum Gasteiger partial charge on any atom is -0.316 e. The molecule has 1 saturated heterocycles. The number of piperidine rings is 1. The van der Waals surface area contributed by atoms with Gasteiger partial charge in [-0.05, 0) is 44.7 Å². The van der Waals surface area contributed by atoms with Gasteiger partial charge in [-0.1, -0.05) is 32.6 Å². The number of ketones is 1. The summed E-state index contributed by atoms with van der Waals surface area (Å²) in [5.74, 6) is 1.25. The topological polar surface area (TPSA) is 29.1 Å². The summed E-state index contributed by atoms with van der Waals surface area (Å²) in [5, 5.41) is 3.41. The van der Waals surface area contributed by atoms with E-state index in [2.05, 4.69) is 12.2 Å². The SMILES string of the molecule is CCCCCCCC(=O)CCC1CCCNC1. The molecule has 1 N–H and O–H groups in total. The highest BCUT2D eigenvalue weighted by Gasteiger charge is 2.14. The first kappa shape index (κ1) is 14.7. The molecule has 100 valence electrons.